The van der Waals surface area contributed by atoms with Crippen LogP contribution in [0.3, 0.4) is 0 Å². The van der Waals surface area contributed by atoms with Crippen molar-refractivity contribution in [3.05, 3.63) is 105 Å². The van der Waals surface area contributed by atoms with Gasteiger partial charge in [-0.05, 0) is 73.5 Å². The number of carboxylic acid groups (broad SMARTS) is 1. The molecule has 0 atom stereocenters. The molecular weight excluding hydrogens is 607 g/mol. The average Bonchev–Trinajstić information content (AvgIpc) is 2.91. The van der Waals surface area contributed by atoms with Crippen molar-refractivity contribution in [2.24, 2.45) is 0 Å². The van der Waals surface area contributed by atoms with Crippen LogP contribution >= 0.6 is 23.2 Å². The minimum atomic E-state index is -1.31. The number of hydrogen-bond acceptors (Lipinski definition) is 8. The minimum absolute atomic E-state index is 0. The number of aliphatic carboxylic acids is 1. The smallest absolute Gasteiger partial charge is 0.872 e. The number of aryl methyl sites for hydroxylation is 2. The molecule has 0 aliphatic carbocycles. The number of nitriles is 1. The minimum Gasteiger partial charge on any atom is -0.872 e. The van der Waals surface area contributed by atoms with E-state index < -0.39 is 12.5 Å². The molecule has 4 rings (SSSR count). The molecule has 0 aliphatic heterocycles. The largest absolute Gasteiger partial charge is 4.00 e. The molecule has 0 saturated carbocycles. The van der Waals surface area contributed by atoms with Gasteiger partial charge in [0.25, 0.3) is 0 Å². The molecule has 0 bridgehead atoms. The number of carbonyl (C=O) groups excluding carboxylic acids is 1. The molecule has 0 saturated heterocycles. The van der Waals surface area contributed by atoms with Gasteiger partial charge in [0, 0.05) is 49.0 Å². The van der Waals surface area contributed by atoms with Crippen LogP contribution in [-0.2, 0) is 35.0 Å². The molecule has 0 N–H and O–H groups in total. The van der Waals surface area contributed by atoms with Crippen molar-refractivity contribution in [1.29, 1.82) is 5.26 Å². The Bertz CT molecular complexity index is 1360. The van der Waals surface area contributed by atoms with E-state index >= 15 is 0 Å². The van der Waals surface area contributed by atoms with Crippen LogP contribution in [0.25, 0.3) is 11.4 Å². The first-order valence-corrected chi connectivity index (χ1v) is 12.8. The van der Waals surface area contributed by atoms with Gasteiger partial charge in [-0.2, -0.15) is 5.26 Å². The fourth-order valence-electron chi connectivity index (χ4n) is 3.69. The van der Waals surface area contributed by atoms with Crippen LogP contribution in [0.4, 0.5) is 0 Å². The first-order chi connectivity index (χ1) is 19.0. The van der Waals surface area contributed by atoms with Gasteiger partial charge in [0.2, 0.25) is 0 Å². The molecule has 0 fully saturated rings. The van der Waals surface area contributed by atoms with Gasteiger partial charge in [-0.3, -0.25) is 14.9 Å². The van der Waals surface area contributed by atoms with Crippen molar-refractivity contribution in [2.45, 2.75) is 33.9 Å². The third kappa shape index (κ3) is 11.8. The van der Waals surface area contributed by atoms with Crippen molar-refractivity contribution in [1.82, 2.24) is 14.9 Å². The number of aromatic nitrogens is 2. The predicted octanol–water partition coefficient (Wildman–Crippen LogP) is 4.18. The van der Waals surface area contributed by atoms with Crippen LogP contribution in [-0.4, -0.2) is 27.4 Å². The van der Waals surface area contributed by atoms with E-state index in [2.05, 4.69) is 9.97 Å². The Morgan fingerprint density at radius 2 is 1.24 bits per heavy atom. The summed E-state index contributed by atoms with van der Waals surface area (Å²) < 4.78 is 0. The Hall–Kier alpha value is -3.64. The van der Waals surface area contributed by atoms with E-state index in [1.807, 2.05) is 36.4 Å². The van der Waals surface area contributed by atoms with Gasteiger partial charge >= 0.3 is 17.1 Å². The summed E-state index contributed by atoms with van der Waals surface area (Å²) in [4.78, 5) is 20.9. The zero-order valence-electron chi connectivity index (χ0n) is 22.6. The van der Waals surface area contributed by atoms with Gasteiger partial charge in [-0.15, -0.1) is 11.5 Å². The van der Waals surface area contributed by atoms with Gasteiger partial charge in [0.1, 0.15) is 0 Å². The van der Waals surface area contributed by atoms with Crippen LogP contribution in [0, 0.1) is 25.2 Å². The van der Waals surface area contributed by atoms with Crippen molar-refractivity contribution < 1.29 is 37.2 Å². The third-order valence-electron chi connectivity index (χ3n) is 5.37. The van der Waals surface area contributed by atoms with Gasteiger partial charge in [-0.1, -0.05) is 46.5 Å². The van der Waals surface area contributed by atoms with E-state index in [1.54, 1.807) is 44.4 Å². The van der Waals surface area contributed by atoms with Crippen LogP contribution in [0.5, 0.6) is 11.5 Å². The number of rotatable bonds is 7. The fourth-order valence-corrected chi connectivity index (χ4v) is 4.28. The van der Waals surface area contributed by atoms with E-state index in [0.29, 0.717) is 32.3 Å². The summed E-state index contributed by atoms with van der Waals surface area (Å²) in [5.74, 6) is -1.73. The predicted molar refractivity (Wildman–Crippen MR) is 149 cm³/mol. The van der Waals surface area contributed by atoms with E-state index in [9.17, 15) is 20.1 Å². The molecule has 0 radical (unpaired) electrons. The molecule has 2 aromatic heterocycles. The summed E-state index contributed by atoms with van der Waals surface area (Å²) in [6.07, 6.45) is 3.54. The second-order valence-corrected chi connectivity index (χ2v) is 9.47. The van der Waals surface area contributed by atoms with Crippen LogP contribution in [0.2, 0.25) is 10.0 Å². The maximum absolute atomic E-state index is 12.2. The molecule has 212 valence electrons. The topological polar surface area (TPSA) is 139 Å². The summed E-state index contributed by atoms with van der Waals surface area (Å²) in [5, 5.41) is 43.6. The first-order valence-electron chi connectivity index (χ1n) is 12.0. The number of nitrogens with zero attached hydrogens (tertiary/aromatic N) is 4. The van der Waals surface area contributed by atoms with Crippen molar-refractivity contribution in [3.8, 4) is 29.0 Å². The van der Waals surface area contributed by atoms with Crippen molar-refractivity contribution in [2.75, 3.05) is 6.54 Å². The zero-order valence-corrected chi connectivity index (χ0v) is 25.2. The van der Waals surface area contributed by atoms with Gasteiger partial charge < -0.3 is 20.1 Å². The molecule has 0 aliphatic rings. The third-order valence-corrected chi connectivity index (χ3v) is 5.80. The van der Waals surface area contributed by atoms with Crippen LogP contribution < -0.4 is 15.3 Å². The maximum atomic E-state index is 12.2. The molecular formula is C30H27Cl2FeN4O4+. The Morgan fingerprint density at radius 1 is 0.854 bits per heavy atom. The Balaban J connectivity index is 0.000000436. The van der Waals surface area contributed by atoms with E-state index in [-0.39, 0.29) is 41.7 Å². The van der Waals surface area contributed by atoms with E-state index in [1.165, 1.54) is 24.0 Å². The average molecular weight is 634 g/mol. The number of carbonyl (C=O) groups is 1. The molecule has 8 nitrogen and oxygen atoms in total. The van der Waals surface area contributed by atoms with E-state index in [4.69, 9.17) is 28.5 Å². The Labute approximate surface area is 260 Å². The van der Waals surface area contributed by atoms with Gasteiger partial charge in [0.05, 0.1) is 23.4 Å². The van der Waals surface area contributed by atoms with Crippen LogP contribution in [0.15, 0.2) is 73.1 Å². The number of halogens is 2. The summed E-state index contributed by atoms with van der Waals surface area (Å²) >= 11 is 12.0. The second-order valence-electron chi connectivity index (χ2n) is 8.59. The standard InChI is InChI=1S/C18H19Cl2NO4.C10H8N2.C2H3N.Fe/c1-10-3-14(19)5-12(17(10)24)7-21(9-16(22)23)8-13-6-15(20)4-11(2)18(13)25;1-3-7-11-9(5-1)10-6-2-4-8-12-10;1-2-3;/h3-6,24-25H,7-9H2,1-2H3,(H,22,23);1-8H;1H3;/q;;;+4/p-3. The fraction of sp³-hybridized carbons (Fsp3) is 0.200. The van der Waals surface area contributed by atoms with Crippen molar-refractivity contribution >= 4 is 29.2 Å². The molecule has 0 amide bonds. The number of benzene rings is 2. The Morgan fingerprint density at radius 3 is 1.56 bits per heavy atom. The summed E-state index contributed by atoms with van der Waals surface area (Å²) in [6, 6.07) is 19.4. The molecule has 0 unspecified atom stereocenters. The number of hydrogen-bond donors (Lipinski definition) is 0. The van der Waals surface area contributed by atoms with Crippen molar-refractivity contribution in [3.63, 3.8) is 0 Å². The molecule has 2 heterocycles. The molecule has 41 heavy (non-hydrogen) atoms. The normalized spacial score (nSPS) is 9.78. The maximum Gasteiger partial charge on any atom is 4.00 e. The van der Waals surface area contributed by atoms with Gasteiger partial charge in [0.15, 0.2) is 0 Å². The van der Waals surface area contributed by atoms with Crippen LogP contribution in [0.1, 0.15) is 29.2 Å². The SMILES string of the molecule is CC#N.Cc1cc(Cl)cc(CN(CC(=O)[O-])Cc2cc(Cl)cc(C)c2[O-])c1[O-].[Fe+4].c1ccc(-c2ccccn2)nc1. The first kappa shape index (κ1) is 35.4. The number of carboxylic acids is 1. The summed E-state index contributed by atoms with van der Waals surface area (Å²) in [7, 11) is 0. The van der Waals surface area contributed by atoms with E-state index in [0.717, 1.165) is 11.4 Å². The Kier molecular flexibility index (Phi) is 15.5. The summed E-state index contributed by atoms with van der Waals surface area (Å²) in [6.45, 7) is 4.32. The molecule has 2 aromatic carbocycles. The number of pyridine rings is 2. The summed E-state index contributed by atoms with van der Waals surface area (Å²) in [5.41, 5.74) is 3.49. The van der Waals surface area contributed by atoms with Gasteiger partial charge in [-0.25, -0.2) is 0 Å². The molecule has 11 heteroatoms. The molecule has 4 aromatic rings. The zero-order chi connectivity index (χ0) is 29.7. The monoisotopic (exact) mass is 633 g/mol. The quantitative estimate of drug-likeness (QED) is 0.276. The second kappa shape index (κ2) is 17.9. The molecule has 0 spiro atoms.